The fourth-order valence-corrected chi connectivity index (χ4v) is 2.92. The summed E-state index contributed by atoms with van der Waals surface area (Å²) in [5, 5.41) is 0. The predicted octanol–water partition coefficient (Wildman–Crippen LogP) is 2.06. The van der Waals surface area contributed by atoms with Crippen LogP contribution in [0.2, 0.25) is 0 Å². The maximum Gasteiger partial charge on any atom is 0.192 e. The third-order valence-corrected chi connectivity index (χ3v) is 4.27. The number of guanidine groups is 1. The van der Waals surface area contributed by atoms with Gasteiger partial charge in [0, 0.05) is 24.7 Å². The molecular formula is C14H17BrFN3O2. The van der Waals surface area contributed by atoms with Gasteiger partial charge in [0.1, 0.15) is 24.2 Å². The Hall–Kier alpha value is -1.34. The van der Waals surface area contributed by atoms with Crippen molar-refractivity contribution >= 4 is 21.9 Å². The summed E-state index contributed by atoms with van der Waals surface area (Å²) < 4.78 is 24.9. The van der Waals surface area contributed by atoms with Crippen LogP contribution in [0, 0.1) is 5.82 Å². The quantitative estimate of drug-likeness (QED) is 0.617. The Morgan fingerprint density at radius 3 is 3.10 bits per heavy atom. The Kier molecular flexibility index (Phi) is 4.03. The van der Waals surface area contributed by atoms with Gasteiger partial charge in [0.15, 0.2) is 5.96 Å². The van der Waals surface area contributed by atoms with E-state index < -0.39 is 0 Å². The van der Waals surface area contributed by atoms with Crippen molar-refractivity contribution in [3.8, 4) is 5.75 Å². The molecule has 2 aliphatic rings. The zero-order valence-corrected chi connectivity index (χ0v) is 13.3. The number of halogens is 2. The molecule has 3 rings (SSSR count). The minimum absolute atomic E-state index is 0.142. The molecule has 2 atom stereocenters. The van der Waals surface area contributed by atoms with Crippen molar-refractivity contribution in [2.45, 2.75) is 19.1 Å². The van der Waals surface area contributed by atoms with Gasteiger partial charge >= 0.3 is 0 Å². The smallest absolute Gasteiger partial charge is 0.192 e. The number of aliphatic imine (C=N–C) groups is 1. The van der Waals surface area contributed by atoms with Crippen LogP contribution in [0.1, 0.15) is 18.5 Å². The summed E-state index contributed by atoms with van der Waals surface area (Å²) in [6.45, 7) is 4.49. The molecule has 1 aromatic rings. The van der Waals surface area contributed by atoms with Gasteiger partial charge in [0.25, 0.3) is 0 Å². The summed E-state index contributed by atoms with van der Waals surface area (Å²) in [6, 6.07) is 2.89. The third kappa shape index (κ3) is 2.98. The molecule has 2 unspecified atom stereocenters. The van der Waals surface area contributed by atoms with Crippen molar-refractivity contribution in [3.63, 3.8) is 0 Å². The van der Waals surface area contributed by atoms with Crippen molar-refractivity contribution in [2.24, 2.45) is 10.7 Å². The van der Waals surface area contributed by atoms with Crippen LogP contribution in [-0.4, -0.2) is 43.3 Å². The normalized spacial score (nSPS) is 25.7. The molecule has 2 N–H and O–H groups in total. The minimum Gasteiger partial charge on any atom is -0.491 e. The van der Waals surface area contributed by atoms with Crippen molar-refractivity contribution in [1.82, 2.24) is 4.90 Å². The fraction of sp³-hybridized carbons (Fsp3) is 0.500. The topological polar surface area (TPSA) is 60.1 Å². The van der Waals surface area contributed by atoms with E-state index in [1.807, 2.05) is 11.8 Å². The van der Waals surface area contributed by atoms with Crippen LogP contribution < -0.4 is 10.5 Å². The fourth-order valence-electron chi connectivity index (χ4n) is 2.56. The summed E-state index contributed by atoms with van der Waals surface area (Å²) in [5.74, 6) is 0.674. The molecule has 2 aliphatic heterocycles. The molecule has 0 aromatic heterocycles. The van der Waals surface area contributed by atoms with E-state index in [1.54, 1.807) is 6.07 Å². The van der Waals surface area contributed by atoms with Crippen LogP contribution in [0.5, 0.6) is 5.75 Å². The monoisotopic (exact) mass is 357 g/mol. The average molecular weight is 358 g/mol. The number of hydrogen-bond acceptors (Lipinski definition) is 3. The number of rotatable bonds is 1. The lowest BCUT2D eigenvalue weighted by molar-refractivity contribution is 0.00520. The Morgan fingerprint density at radius 2 is 2.33 bits per heavy atom. The van der Waals surface area contributed by atoms with Crippen molar-refractivity contribution in [1.29, 1.82) is 0 Å². The highest BCUT2D eigenvalue weighted by molar-refractivity contribution is 9.10. The molecule has 5 nitrogen and oxygen atoms in total. The maximum absolute atomic E-state index is 13.5. The second kappa shape index (κ2) is 5.81. The van der Waals surface area contributed by atoms with Crippen LogP contribution in [0.25, 0.3) is 0 Å². The van der Waals surface area contributed by atoms with E-state index in [4.69, 9.17) is 15.2 Å². The van der Waals surface area contributed by atoms with Gasteiger partial charge in [-0.15, -0.1) is 0 Å². The summed E-state index contributed by atoms with van der Waals surface area (Å²) >= 11 is 3.19. The molecule has 0 saturated carbocycles. The van der Waals surface area contributed by atoms with E-state index in [1.165, 1.54) is 6.07 Å². The van der Waals surface area contributed by atoms with Crippen molar-refractivity contribution in [2.75, 3.05) is 26.3 Å². The van der Waals surface area contributed by atoms with Crippen molar-refractivity contribution in [3.05, 3.63) is 28.0 Å². The highest BCUT2D eigenvalue weighted by Gasteiger charge is 2.27. The molecule has 2 heterocycles. The number of fused-ring (bicyclic) bond motifs is 1. The number of ether oxygens (including phenoxy) is 2. The van der Waals surface area contributed by atoms with Gasteiger partial charge in [-0.1, -0.05) is 0 Å². The van der Waals surface area contributed by atoms with E-state index in [0.29, 0.717) is 29.4 Å². The SMILES string of the molecule is CC1CN(C(N)=NC2COc3cc(F)c(Br)cc32)CCO1. The van der Waals surface area contributed by atoms with E-state index in [0.717, 1.165) is 18.7 Å². The molecular weight excluding hydrogens is 341 g/mol. The molecule has 0 bridgehead atoms. The van der Waals surface area contributed by atoms with Crippen LogP contribution in [0.4, 0.5) is 4.39 Å². The van der Waals surface area contributed by atoms with Gasteiger partial charge in [-0.3, -0.25) is 0 Å². The van der Waals surface area contributed by atoms with E-state index in [2.05, 4.69) is 20.9 Å². The summed E-state index contributed by atoms with van der Waals surface area (Å²) in [5.41, 5.74) is 6.95. The first-order chi connectivity index (χ1) is 10.0. The lowest BCUT2D eigenvalue weighted by Gasteiger charge is -2.32. The van der Waals surface area contributed by atoms with Crippen LogP contribution >= 0.6 is 15.9 Å². The number of benzene rings is 1. The van der Waals surface area contributed by atoms with Gasteiger partial charge < -0.3 is 20.1 Å². The van der Waals surface area contributed by atoms with Gasteiger partial charge in [-0.25, -0.2) is 9.38 Å². The standard InChI is InChI=1S/C14H17BrFN3O2/c1-8-6-19(2-3-20-8)14(17)18-12-7-21-13-5-11(16)10(15)4-9(12)13/h4-5,8,12H,2-3,6-7H2,1H3,(H2,17,18). The molecule has 0 radical (unpaired) electrons. The zero-order valence-electron chi connectivity index (χ0n) is 11.7. The molecule has 0 amide bonds. The summed E-state index contributed by atoms with van der Waals surface area (Å²) in [6.07, 6.45) is 0.142. The highest BCUT2D eigenvalue weighted by atomic mass is 79.9. The van der Waals surface area contributed by atoms with Crippen molar-refractivity contribution < 1.29 is 13.9 Å². The lowest BCUT2D eigenvalue weighted by atomic mass is 10.1. The average Bonchev–Trinajstić information content (AvgIpc) is 2.82. The van der Waals surface area contributed by atoms with E-state index >= 15 is 0 Å². The Morgan fingerprint density at radius 1 is 1.52 bits per heavy atom. The first-order valence-corrected chi connectivity index (χ1v) is 7.65. The second-order valence-corrected chi connectivity index (χ2v) is 6.10. The zero-order chi connectivity index (χ0) is 15.0. The largest absolute Gasteiger partial charge is 0.491 e. The van der Waals surface area contributed by atoms with Gasteiger partial charge in [-0.05, 0) is 28.9 Å². The van der Waals surface area contributed by atoms with E-state index in [-0.39, 0.29) is 18.0 Å². The summed E-state index contributed by atoms with van der Waals surface area (Å²) in [7, 11) is 0. The van der Waals surface area contributed by atoms with Gasteiger partial charge in [0.2, 0.25) is 0 Å². The highest BCUT2D eigenvalue weighted by Crippen LogP contribution is 2.38. The minimum atomic E-state index is -0.339. The second-order valence-electron chi connectivity index (χ2n) is 5.25. The summed E-state index contributed by atoms with van der Waals surface area (Å²) in [4.78, 5) is 6.55. The molecule has 7 heteroatoms. The third-order valence-electron chi connectivity index (χ3n) is 3.66. The molecule has 0 spiro atoms. The lowest BCUT2D eigenvalue weighted by Crippen LogP contribution is -2.48. The molecule has 114 valence electrons. The Labute approximate surface area is 131 Å². The molecule has 1 saturated heterocycles. The molecule has 1 aromatic carbocycles. The number of nitrogens with zero attached hydrogens (tertiary/aromatic N) is 2. The van der Waals surface area contributed by atoms with Gasteiger partial charge in [0.05, 0.1) is 17.2 Å². The number of nitrogens with two attached hydrogens (primary N) is 1. The Balaban J connectivity index is 1.80. The Bertz CT molecular complexity index is 582. The molecule has 0 aliphatic carbocycles. The van der Waals surface area contributed by atoms with Crippen LogP contribution in [-0.2, 0) is 4.74 Å². The number of morpholine rings is 1. The number of hydrogen-bond donors (Lipinski definition) is 1. The maximum atomic E-state index is 13.5. The van der Waals surface area contributed by atoms with Crippen LogP contribution in [0.15, 0.2) is 21.6 Å². The van der Waals surface area contributed by atoms with Gasteiger partial charge in [-0.2, -0.15) is 0 Å². The molecule has 1 fully saturated rings. The van der Waals surface area contributed by atoms with Crippen LogP contribution in [0.3, 0.4) is 0 Å². The first kappa shape index (κ1) is 14.6. The van der Waals surface area contributed by atoms with E-state index in [9.17, 15) is 4.39 Å². The predicted molar refractivity (Wildman–Crippen MR) is 80.9 cm³/mol. The molecule has 21 heavy (non-hydrogen) atoms. The first-order valence-electron chi connectivity index (χ1n) is 6.86.